The quantitative estimate of drug-likeness (QED) is 0.198. The molecule has 1 aliphatic rings. The van der Waals surface area contributed by atoms with Crippen LogP contribution in [0.4, 0.5) is 11.4 Å². The van der Waals surface area contributed by atoms with Gasteiger partial charge in [0.2, 0.25) is 0 Å². The Morgan fingerprint density at radius 1 is 0.833 bits per heavy atom. The second kappa shape index (κ2) is 11.1. The van der Waals surface area contributed by atoms with Gasteiger partial charge in [0.1, 0.15) is 5.69 Å². The van der Waals surface area contributed by atoms with Crippen LogP contribution >= 0.6 is 10.9 Å². The van der Waals surface area contributed by atoms with Gasteiger partial charge in [0.25, 0.3) is 15.9 Å². The highest BCUT2D eigenvalue weighted by molar-refractivity contribution is 8.22. The van der Waals surface area contributed by atoms with E-state index < -0.39 is 15.9 Å². The van der Waals surface area contributed by atoms with Crippen molar-refractivity contribution in [3.05, 3.63) is 117 Å². The number of nitroso groups, excluding NO2 is 1. The molecule has 0 aliphatic carbocycles. The Morgan fingerprint density at radius 2 is 1.47 bits per heavy atom. The molecular weight excluding hydrogens is 498 g/mol. The lowest BCUT2D eigenvalue weighted by Crippen LogP contribution is -2.30. The molecule has 1 aliphatic heterocycles. The largest absolute Gasteiger partial charge is 0.382 e. The molecule has 1 amide bonds. The third kappa shape index (κ3) is 5.96. The van der Waals surface area contributed by atoms with Crippen LogP contribution in [-0.2, 0) is 10.0 Å². The number of carbonyl (C=O) groups is 2. The SMILES string of the molecule is O=Nc1cc(S(=O)(=O)NC(=O)c2ccc(C(=O)c3ccccc3)cc2)ccc1NCC[SH]1C=CC=C1. The summed E-state index contributed by atoms with van der Waals surface area (Å²) in [5, 5.41) is 10.3. The van der Waals surface area contributed by atoms with E-state index in [1.54, 1.807) is 30.3 Å². The summed E-state index contributed by atoms with van der Waals surface area (Å²) < 4.78 is 27.6. The third-order valence-corrected chi connectivity index (χ3v) is 8.58. The molecular formula is C26H23N3O5S2. The third-order valence-electron chi connectivity index (χ3n) is 5.40. The van der Waals surface area contributed by atoms with Gasteiger partial charge in [-0.15, -0.1) is 4.91 Å². The Bertz CT molecular complexity index is 1440. The second-order valence-corrected chi connectivity index (χ2v) is 11.6. The van der Waals surface area contributed by atoms with Crippen LogP contribution in [0.2, 0.25) is 0 Å². The molecule has 0 bridgehead atoms. The zero-order chi connectivity index (χ0) is 25.5. The number of sulfonamides is 1. The summed E-state index contributed by atoms with van der Waals surface area (Å²) in [6, 6.07) is 18.2. The second-order valence-electron chi connectivity index (χ2n) is 7.83. The highest BCUT2D eigenvalue weighted by Crippen LogP contribution is 2.33. The summed E-state index contributed by atoms with van der Waals surface area (Å²) in [4.78, 5) is 36.2. The fourth-order valence-electron chi connectivity index (χ4n) is 3.51. The molecule has 4 rings (SSSR count). The van der Waals surface area contributed by atoms with Crippen LogP contribution in [0.5, 0.6) is 0 Å². The predicted octanol–water partition coefficient (Wildman–Crippen LogP) is 4.89. The summed E-state index contributed by atoms with van der Waals surface area (Å²) >= 11 is 0. The van der Waals surface area contributed by atoms with Crippen LogP contribution in [0.3, 0.4) is 0 Å². The van der Waals surface area contributed by atoms with E-state index in [1.807, 2.05) is 16.9 Å². The van der Waals surface area contributed by atoms with Gasteiger partial charge in [0, 0.05) is 23.2 Å². The topological polar surface area (TPSA) is 122 Å². The standard InChI is InChI=1S/C26H23N3O5S2/c30-25(19-6-2-1-3-7-19)20-8-10-21(11-9-20)26(31)29-36(33,34)22-12-13-23(24(18-22)28-32)27-14-17-35-15-4-5-16-35/h1-13,15-16,18,27,35H,14,17H2,(H,29,31). The Morgan fingerprint density at radius 3 is 2.14 bits per heavy atom. The Kier molecular flexibility index (Phi) is 7.77. The number of nitrogens with one attached hydrogen (secondary N) is 2. The van der Waals surface area contributed by atoms with Gasteiger partial charge in [-0.1, -0.05) is 54.6 Å². The molecule has 36 heavy (non-hydrogen) atoms. The zero-order valence-corrected chi connectivity index (χ0v) is 20.7. The Labute approximate surface area is 211 Å². The van der Waals surface area contributed by atoms with Gasteiger partial charge in [-0.3, -0.25) is 9.59 Å². The lowest BCUT2D eigenvalue weighted by atomic mass is 10.0. The minimum atomic E-state index is -4.27. The molecule has 0 radical (unpaired) electrons. The molecule has 1 heterocycles. The highest BCUT2D eigenvalue weighted by Gasteiger charge is 2.21. The average Bonchev–Trinajstić information content (AvgIpc) is 3.42. The summed E-state index contributed by atoms with van der Waals surface area (Å²) in [5.74, 6) is -0.210. The van der Waals surface area contributed by atoms with Crippen molar-refractivity contribution in [3.8, 4) is 0 Å². The predicted molar refractivity (Wildman–Crippen MR) is 143 cm³/mol. The van der Waals surface area contributed by atoms with Crippen LogP contribution in [-0.4, -0.2) is 32.4 Å². The fourth-order valence-corrected chi connectivity index (χ4v) is 5.91. The van der Waals surface area contributed by atoms with Gasteiger partial charge < -0.3 is 5.32 Å². The monoisotopic (exact) mass is 521 g/mol. The molecule has 0 fully saturated rings. The lowest BCUT2D eigenvalue weighted by molar-refractivity contribution is 0.0979. The molecule has 0 aromatic heterocycles. The first-order valence-electron chi connectivity index (χ1n) is 11.0. The molecule has 3 aromatic rings. The van der Waals surface area contributed by atoms with Crippen LogP contribution in [0.1, 0.15) is 26.3 Å². The maximum absolute atomic E-state index is 12.8. The number of carbonyl (C=O) groups excluding carboxylic acids is 2. The summed E-state index contributed by atoms with van der Waals surface area (Å²) in [5.41, 5.74) is 1.28. The summed E-state index contributed by atoms with van der Waals surface area (Å²) in [6.07, 6.45) is 3.99. The lowest BCUT2D eigenvalue weighted by Gasteiger charge is -2.13. The van der Waals surface area contributed by atoms with E-state index in [1.165, 1.54) is 36.4 Å². The van der Waals surface area contributed by atoms with Crippen molar-refractivity contribution in [1.29, 1.82) is 0 Å². The van der Waals surface area contributed by atoms with Crippen molar-refractivity contribution >= 4 is 44.0 Å². The summed E-state index contributed by atoms with van der Waals surface area (Å²) in [6.45, 7) is 0.592. The number of rotatable bonds is 10. The summed E-state index contributed by atoms with van der Waals surface area (Å²) in [7, 11) is -4.59. The smallest absolute Gasteiger partial charge is 0.264 e. The van der Waals surface area contributed by atoms with Crippen molar-refractivity contribution in [2.24, 2.45) is 5.18 Å². The zero-order valence-electron chi connectivity index (χ0n) is 19.0. The van der Waals surface area contributed by atoms with Crippen LogP contribution < -0.4 is 10.0 Å². The Balaban J connectivity index is 1.42. The maximum atomic E-state index is 12.8. The fraction of sp³-hybridized carbons (Fsp3) is 0.0769. The molecule has 10 heteroatoms. The van der Waals surface area contributed by atoms with Gasteiger partial charge in [-0.25, -0.2) is 24.0 Å². The van der Waals surface area contributed by atoms with Gasteiger partial charge in [-0.2, -0.15) is 0 Å². The van der Waals surface area contributed by atoms with E-state index in [0.29, 0.717) is 23.4 Å². The number of thiol groups is 1. The van der Waals surface area contributed by atoms with Crippen molar-refractivity contribution in [3.63, 3.8) is 0 Å². The van der Waals surface area contributed by atoms with Crippen LogP contribution in [0, 0.1) is 4.91 Å². The molecule has 0 saturated heterocycles. The van der Waals surface area contributed by atoms with Crippen LogP contribution in [0.15, 0.2) is 106 Å². The van der Waals surface area contributed by atoms with Gasteiger partial charge in [-0.05, 0) is 52.1 Å². The number of nitrogens with zero attached hydrogens (tertiary/aromatic N) is 1. The molecule has 2 N–H and O–H groups in total. The van der Waals surface area contributed by atoms with Crippen molar-refractivity contribution in [2.45, 2.75) is 4.90 Å². The van der Waals surface area contributed by atoms with Crippen molar-refractivity contribution < 1.29 is 18.0 Å². The highest BCUT2D eigenvalue weighted by atomic mass is 32.2. The molecule has 8 nitrogen and oxygen atoms in total. The number of allylic oxidation sites excluding steroid dienone is 2. The van der Waals surface area contributed by atoms with E-state index >= 15 is 0 Å². The minimum Gasteiger partial charge on any atom is -0.382 e. The van der Waals surface area contributed by atoms with Crippen LogP contribution in [0.25, 0.3) is 0 Å². The van der Waals surface area contributed by atoms with E-state index in [4.69, 9.17) is 0 Å². The molecule has 3 aromatic carbocycles. The first kappa shape index (κ1) is 25.1. The van der Waals surface area contributed by atoms with Crippen molar-refractivity contribution in [1.82, 2.24) is 4.72 Å². The maximum Gasteiger partial charge on any atom is 0.264 e. The molecule has 0 unspecified atom stereocenters. The molecule has 0 spiro atoms. The Hall–Kier alpha value is -4.02. The normalized spacial score (nSPS) is 13.4. The van der Waals surface area contributed by atoms with Gasteiger partial charge in [0.15, 0.2) is 5.78 Å². The van der Waals surface area contributed by atoms with Gasteiger partial charge >= 0.3 is 0 Å². The number of hydrogen-bond acceptors (Lipinski definition) is 7. The van der Waals surface area contributed by atoms with E-state index in [-0.39, 0.29) is 32.8 Å². The van der Waals surface area contributed by atoms with E-state index in [2.05, 4.69) is 21.3 Å². The van der Waals surface area contributed by atoms with E-state index in [0.717, 1.165) is 11.8 Å². The van der Waals surface area contributed by atoms with Gasteiger partial charge in [0.05, 0.1) is 10.6 Å². The average molecular weight is 522 g/mol. The van der Waals surface area contributed by atoms with Crippen molar-refractivity contribution in [2.75, 3.05) is 17.6 Å². The number of ketones is 1. The first-order chi connectivity index (χ1) is 17.4. The number of hydrogen-bond donors (Lipinski definition) is 3. The van der Waals surface area contributed by atoms with E-state index in [9.17, 15) is 22.9 Å². The molecule has 0 saturated carbocycles. The number of amides is 1. The minimum absolute atomic E-state index is 0.0622. The molecule has 0 atom stereocenters. The number of benzene rings is 3. The number of anilines is 1. The first-order valence-corrected chi connectivity index (χ1v) is 14.1. The molecule has 184 valence electrons.